The number of ether oxygens (including phenoxy) is 2. The van der Waals surface area contributed by atoms with Crippen LogP contribution >= 0.6 is 0 Å². The van der Waals surface area contributed by atoms with Crippen molar-refractivity contribution in [3.63, 3.8) is 0 Å². The molecular weight excluding hydrogens is 292 g/mol. The number of hydrogen-bond acceptors (Lipinski definition) is 4. The highest BCUT2D eigenvalue weighted by atomic mass is 16.5. The number of methoxy groups -OCH3 is 1. The average Bonchev–Trinajstić information content (AvgIpc) is 2.54. The predicted octanol–water partition coefficient (Wildman–Crippen LogP) is 2.68. The quantitative estimate of drug-likeness (QED) is 0.811. The van der Waals surface area contributed by atoms with Gasteiger partial charge in [0.25, 0.3) is 0 Å². The van der Waals surface area contributed by atoms with Crippen LogP contribution in [0.25, 0.3) is 0 Å². The topological polar surface area (TPSA) is 59.6 Å². The van der Waals surface area contributed by atoms with E-state index in [9.17, 15) is 4.79 Å². The molecule has 23 heavy (non-hydrogen) atoms. The summed E-state index contributed by atoms with van der Waals surface area (Å²) in [5, 5.41) is 6.34. The number of carbonyl (C=O) groups excluding carboxylic acids is 1. The summed E-state index contributed by atoms with van der Waals surface area (Å²) < 4.78 is 11.0. The lowest BCUT2D eigenvalue weighted by atomic mass is 9.78. The summed E-state index contributed by atoms with van der Waals surface area (Å²) in [6.45, 7) is 7.01. The van der Waals surface area contributed by atoms with Gasteiger partial charge in [-0.05, 0) is 44.0 Å². The van der Waals surface area contributed by atoms with Crippen molar-refractivity contribution in [3.05, 3.63) is 24.3 Å². The number of carbonyl (C=O) groups is 1. The molecule has 0 aliphatic carbocycles. The minimum atomic E-state index is -0.450. The first-order valence-corrected chi connectivity index (χ1v) is 8.30. The third-order valence-electron chi connectivity index (χ3n) is 4.14. The molecule has 0 bridgehead atoms. The monoisotopic (exact) mass is 320 g/mol. The van der Waals surface area contributed by atoms with E-state index in [0.29, 0.717) is 19.1 Å². The second-order valence-electron chi connectivity index (χ2n) is 6.65. The first-order valence-electron chi connectivity index (χ1n) is 8.30. The van der Waals surface area contributed by atoms with E-state index in [0.717, 1.165) is 37.4 Å². The summed E-state index contributed by atoms with van der Waals surface area (Å²) in [5.74, 6) is 1.28. The normalized spacial score (nSPS) is 17.0. The molecule has 1 saturated heterocycles. The molecule has 5 nitrogen and oxygen atoms in total. The van der Waals surface area contributed by atoms with Gasteiger partial charge in [-0.1, -0.05) is 19.9 Å². The molecule has 5 heteroatoms. The fourth-order valence-electron chi connectivity index (χ4n) is 2.81. The highest BCUT2D eigenvalue weighted by Crippen LogP contribution is 2.31. The average molecular weight is 320 g/mol. The van der Waals surface area contributed by atoms with Crippen LogP contribution in [0.5, 0.6) is 5.75 Å². The Balaban J connectivity index is 2.04. The molecule has 1 aromatic carbocycles. The largest absolute Gasteiger partial charge is 0.493 e. The van der Waals surface area contributed by atoms with Crippen molar-refractivity contribution in [1.82, 2.24) is 5.32 Å². The van der Waals surface area contributed by atoms with Crippen molar-refractivity contribution >= 4 is 11.6 Å². The molecule has 0 unspecified atom stereocenters. The fraction of sp³-hybridized carbons (Fsp3) is 0.611. The van der Waals surface area contributed by atoms with Gasteiger partial charge in [-0.3, -0.25) is 4.79 Å². The van der Waals surface area contributed by atoms with Gasteiger partial charge in [-0.15, -0.1) is 0 Å². The van der Waals surface area contributed by atoms with Crippen molar-refractivity contribution in [2.24, 2.45) is 11.3 Å². The van der Waals surface area contributed by atoms with Gasteiger partial charge in [-0.25, -0.2) is 0 Å². The standard InChI is InChI=1S/C18H28N2O3/c1-14(2)12-23-16-6-4-5-15(11-16)20-17(21)18(13-22-3)7-9-19-10-8-18/h4-6,11,14,19H,7-10,12-13H2,1-3H3,(H,20,21). The third kappa shape index (κ3) is 4.94. The van der Waals surface area contributed by atoms with Gasteiger partial charge >= 0.3 is 0 Å². The Morgan fingerprint density at radius 2 is 2.09 bits per heavy atom. The van der Waals surface area contributed by atoms with Crippen LogP contribution in [0.3, 0.4) is 0 Å². The molecular formula is C18H28N2O3. The smallest absolute Gasteiger partial charge is 0.233 e. The van der Waals surface area contributed by atoms with Crippen LogP contribution in [-0.4, -0.2) is 39.3 Å². The number of anilines is 1. The molecule has 1 aliphatic rings. The zero-order valence-electron chi connectivity index (χ0n) is 14.4. The van der Waals surface area contributed by atoms with Crippen LogP contribution < -0.4 is 15.4 Å². The van der Waals surface area contributed by atoms with Crippen molar-refractivity contribution in [2.45, 2.75) is 26.7 Å². The predicted molar refractivity (Wildman–Crippen MR) is 91.8 cm³/mol. The van der Waals surface area contributed by atoms with Crippen molar-refractivity contribution in [1.29, 1.82) is 0 Å². The molecule has 1 fully saturated rings. The Morgan fingerprint density at radius 1 is 1.35 bits per heavy atom. The van der Waals surface area contributed by atoms with Crippen LogP contribution in [0.2, 0.25) is 0 Å². The lowest BCUT2D eigenvalue weighted by Gasteiger charge is -2.35. The van der Waals surface area contributed by atoms with E-state index in [1.54, 1.807) is 7.11 Å². The van der Waals surface area contributed by atoms with Crippen LogP contribution in [0.15, 0.2) is 24.3 Å². The summed E-state index contributed by atoms with van der Waals surface area (Å²) in [7, 11) is 1.65. The number of rotatable bonds is 7. The number of benzene rings is 1. The van der Waals surface area contributed by atoms with E-state index >= 15 is 0 Å². The Bertz CT molecular complexity index is 505. The molecule has 0 saturated carbocycles. The van der Waals surface area contributed by atoms with Crippen molar-refractivity contribution in [3.8, 4) is 5.75 Å². The fourth-order valence-corrected chi connectivity index (χ4v) is 2.81. The van der Waals surface area contributed by atoms with Crippen LogP contribution in [0.1, 0.15) is 26.7 Å². The maximum Gasteiger partial charge on any atom is 0.233 e. The highest BCUT2D eigenvalue weighted by Gasteiger charge is 2.39. The van der Waals surface area contributed by atoms with Gasteiger partial charge in [0.15, 0.2) is 0 Å². The Morgan fingerprint density at radius 3 is 2.74 bits per heavy atom. The van der Waals surface area contributed by atoms with Gasteiger partial charge < -0.3 is 20.1 Å². The summed E-state index contributed by atoms with van der Waals surface area (Å²) in [6.07, 6.45) is 1.58. The summed E-state index contributed by atoms with van der Waals surface area (Å²) in [6, 6.07) is 7.58. The SMILES string of the molecule is COCC1(C(=O)Nc2cccc(OCC(C)C)c2)CCNCC1. The maximum atomic E-state index is 12.8. The highest BCUT2D eigenvalue weighted by molar-refractivity contribution is 5.95. The van der Waals surface area contributed by atoms with E-state index in [2.05, 4.69) is 24.5 Å². The molecule has 1 amide bonds. The summed E-state index contributed by atoms with van der Waals surface area (Å²) in [4.78, 5) is 12.8. The molecule has 1 aliphatic heterocycles. The van der Waals surface area contributed by atoms with Crippen LogP contribution in [0, 0.1) is 11.3 Å². The lowest BCUT2D eigenvalue weighted by molar-refractivity contribution is -0.130. The van der Waals surface area contributed by atoms with Gasteiger partial charge in [-0.2, -0.15) is 0 Å². The van der Waals surface area contributed by atoms with Gasteiger partial charge in [0.05, 0.1) is 18.6 Å². The first-order chi connectivity index (χ1) is 11.1. The van der Waals surface area contributed by atoms with Crippen LogP contribution in [0.4, 0.5) is 5.69 Å². The van der Waals surface area contributed by atoms with E-state index in [-0.39, 0.29) is 5.91 Å². The first kappa shape index (κ1) is 17.8. The van der Waals surface area contributed by atoms with Gasteiger partial charge in [0, 0.05) is 18.9 Å². The van der Waals surface area contributed by atoms with E-state index in [1.165, 1.54) is 0 Å². The molecule has 128 valence electrons. The molecule has 1 aromatic rings. The molecule has 2 rings (SSSR count). The Labute approximate surface area is 138 Å². The van der Waals surface area contributed by atoms with Gasteiger partial charge in [0.1, 0.15) is 5.75 Å². The Kier molecular flexibility index (Phi) is 6.42. The molecule has 0 atom stereocenters. The minimum absolute atomic E-state index is 0.0295. The molecule has 1 heterocycles. The maximum absolute atomic E-state index is 12.8. The van der Waals surface area contributed by atoms with E-state index in [1.807, 2.05) is 24.3 Å². The Hall–Kier alpha value is -1.59. The number of nitrogens with one attached hydrogen (secondary N) is 2. The summed E-state index contributed by atoms with van der Waals surface area (Å²) in [5.41, 5.74) is 0.319. The van der Waals surface area contributed by atoms with Crippen LogP contribution in [-0.2, 0) is 9.53 Å². The number of hydrogen-bond donors (Lipinski definition) is 2. The zero-order chi connectivity index (χ0) is 16.7. The number of amides is 1. The minimum Gasteiger partial charge on any atom is -0.493 e. The number of piperidine rings is 1. The molecule has 0 radical (unpaired) electrons. The zero-order valence-corrected chi connectivity index (χ0v) is 14.4. The summed E-state index contributed by atoms with van der Waals surface area (Å²) >= 11 is 0. The van der Waals surface area contributed by atoms with Crippen molar-refractivity contribution in [2.75, 3.05) is 38.7 Å². The lowest BCUT2D eigenvalue weighted by Crippen LogP contribution is -2.47. The van der Waals surface area contributed by atoms with E-state index in [4.69, 9.17) is 9.47 Å². The molecule has 0 aromatic heterocycles. The van der Waals surface area contributed by atoms with Crippen molar-refractivity contribution < 1.29 is 14.3 Å². The third-order valence-corrected chi connectivity index (χ3v) is 4.14. The molecule has 2 N–H and O–H groups in total. The second kappa shape index (κ2) is 8.31. The molecule has 0 spiro atoms. The van der Waals surface area contributed by atoms with E-state index < -0.39 is 5.41 Å². The van der Waals surface area contributed by atoms with Gasteiger partial charge in [0.2, 0.25) is 5.91 Å². The second-order valence-corrected chi connectivity index (χ2v) is 6.65.